The molecule has 2 rings (SSSR count). The van der Waals surface area contributed by atoms with Crippen LogP contribution in [0.5, 0.6) is 17.2 Å². The van der Waals surface area contributed by atoms with E-state index < -0.39 is 5.97 Å². The summed E-state index contributed by atoms with van der Waals surface area (Å²) in [5, 5.41) is 2.71. The van der Waals surface area contributed by atoms with Crippen molar-refractivity contribution in [1.29, 1.82) is 0 Å². The Morgan fingerprint density at radius 2 is 1.56 bits per heavy atom. The highest BCUT2D eigenvalue weighted by molar-refractivity contribution is 5.94. The summed E-state index contributed by atoms with van der Waals surface area (Å²) < 4.78 is 20.4. The standard InChI is InChI=1S/C20H23NO6/c1-24-15-6-4-14(5-7-15)10-11-21-19(22)13-27-20(23)17-9-8-16(25-2)12-18(17)26-3/h4-9,12H,10-11,13H2,1-3H3,(H,21,22). The molecule has 2 aromatic rings. The van der Waals surface area contributed by atoms with Crippen LogP contribution in [-0.2, 0) is 16.0 Å². The Hall–Kier alpha value is -3.22. The number of carbonyl (C=O) groups is 2. The number of rotatable bonds is 9. The highest BCUT2D eigenvalue weighted by atomic mass is 16.5. The molecule has 0 radical (unpaired) electrons. The lowest BCUT2D eigenvalue weighted by Gasteiger charge is -2.10. The number of carbonyl (C=O) groups excluding carboxylic acids is 2. The predicted octanol–water partition coefficient (Wildman–Crippen LogP) is 2.23. The Labute approximate surface area is 158 Å². The molecule has 1 N–H and O–H groups in total. The molecule has 0 heterocycles. The van der Waals surface area contributed by atoms with E-state index in [0.29, 0.717) is 24.5 Å². The van der Waals surface area contributed by atoms with E-state index in [-0.39, 0.29) is 18.1 Å². The molecule has 0 spiro atoms. The summed E-state index contributed by atoms with van der Waals surface area (Å²) in [6.07, 6.45) is 0.663. The lowest BCUT2D eigenvalue weighted by Crippen LogP contribution is -2.30. The van der Waals surface area contributed by atoms with Gasteiger partial charge >= 0.3 is 5.97 Å². The fraction of sp³-hybridized carbons (Fsp3) is 0.300. The van der Waals surface area contributed by atoms with Gasteiger partial charge in [0.15, 0.2) is 6.61 Å². The zero-order valence-electron chi connectivity index (χ0n) is 15.6. The van der Waals surface area contributed by atoms with Crippen molar-refractivity contribution in [2.45, 2.75) is 6.42 Å². The average molecular weight is 373 g/mol. The zero-order valence-corrected chi connectivity index (χ0v) is 15.6. The molecule has 1 amide bonds. The molecule has 0 aliphatic heterocycles. The van der Waals surface area contributed by atoms with Gasteiger partial charge in [0, 0.05) is 12.6 Å². The number of esters is 1. The summed E-state index contributed by atoms with van der Waals surface area (Å²) in [4.78, 5) is 24.0. The van der Waals surface area contributed by atoms with Gasteiger partial charge in [-0.25, -0.2) is 4.79 Å². The Bertz CT molecular complexity index is 773. The van der Waals surface area contributed by atoms with E-state index in [4.69, 9.17) is 18.9 Å². The predicted molar refractivity (Wildman–Crippen MR) is 99.5 cm³/mol. The maximum Gasteiger partial charge on any atom is 0.342 e. The van der Waals surface area contributed by atoms with Crippen LogP contribution in [0.3, 0.4) is 0 Å². The van der Waals surface area contributed by atoms with Crippen molar-refractivity contribution in [2.75, 3.05) is 34.5 Å². The van der Waals surface area contributed by atoms with Crippen LogP contribution in [0.1, 0.15) is 15.9 Å². The van der Waals surface area contributed by atoms with Crippen LogP contribution in [-0.4, -0.2) is 46.4 Å². The fourth-order valence-electron chi connectivity index (χ4n) is 2.37. The van der Waals surface area contributed by atoms with Crippen LogP contribution in [0, 0.1) is 0 Å². The number of nitrogens with one attached hydrogen (secondary N) is 1. The molecular formula is C20H23NO6. The summed E-state index contributed by atoms with van der Waals surface area (Å²) in [5.74, 6) is 0.645. The molecule has 0 atom stereocenters. The molecule has 0 bridgehead atoms. The van der Waals surface area contributed by atoms with Gasteiger partial charge in [-0.3, -0.25) is 4.79 Å². The van der Waals surface area contributed by atoms with E-state index >= 15 is 0 Å². The quantitative estimate of drug-likeness (QED) is 0.679. The number of amides is 1. The molecule has 27 heavy (non-hydrogen) atoms. The summed E-state index contributed by atoms with van der Waals surface area (Å²) in [6, 6.07) is 12.3. The van der Waals surface area contributed by atoms with E-state index in [9.17, 15) is 9.59 Å². The molecule has 0 aliphatic rings. The third kappa shape index (κ3) is 5.91. The highest BCUT2D eigenvalue weighted by Crippen LogP contribution is 2.25. The number of hydrogen-bond acceptors (Lipinski definition) is 6. The Kier molecular flexibility index (Phi) is 7.49. The Balaban J connectivity index is 1.78. The van der Waals surface area contributed by atoms with Gasteiger partial charge in [0.05, 0.1) is 21.3 Å². The van der Waals surface area contributed by atoms with Gasteiger partial charge in [-0.1, -0.05) is 12.1 Å². The third-order valence-corrected chi connectivity index (χ3v) is 3.86. The van der Waals surface area contributed by atoms with Gasteiger partial charge in [-0.05, 0) is 36.2 Å². The van der Waals surface area contributed by atoms with Gasteiger partial charge in [-0.15, -0.1) is 0 Å². The van der Waals surface area contributed by atoms with Gasteiger partial charge < -0.3 is 24.3 Å². The molecule has 0 fully saturated rings. The minimum atomic E-state index is -0.639. The molecular weight excluding hydrogens is 350 g/mol. The van der Waals surface area contributed by atoms with Crippen LogP contribution in [0.2, 0.25) is 0 Å². The van der Waals surface area contributed by atoms with E-state index in [1.165, 1.54) is 20.3 Å². The molecule has 0 aliphatic carbocycles. The van der Waals surface area contributed by atoms with E-state index in [1.807, 2.05) is 24.3 Å². The first-order chi connectivity index (χ1) is 13.1. The second kappa shape index (κ2) is 10.1. The lowest BCUT2D eigenvalue weighted by atomic mass is 10.1. The molecule has 2 aromatic carbocycles. The smallest absolute Gasteiger partial charge is 0.342 e. The Morgan fingerprint density at radius 3 is 2.19 bits per heavy atom. The van der Waals surface area contributed by atoms with E-state index in [2.05, 4.69) is 5.32 Å². The fourth-order valence-corrected chi connectivity index (χ4v) is 2.37. The molecule has 0 aromatic heterocycles. The topological polar surface area (TPSA) is 83.1 Å². The second-order valence-electron chi connectivity index (χ2n) is 5.59. The Morgan fingerprint density at radius 1 is 0.889 bits per heavy atom. The first kappa shape index (κ1) is 20.1. The van der Waals surface area contributed by atoms with Crippen LogP contribution >= 0.6 is 0 Å². The molecule has 7 nitrogen and oxygen atoms in total. The molecule has 0 unspecified atom stereocenters. The summed E-state index contributed by atoms with van der Waals surface area (Å²) in [6.45, 7) is 0.0746. The minimum absolute atomic E-state index is 0.226. The van der Waals surface area contributed by atoms with Crippen molar-refractivity contribution < 1.29 is 28.5 Å². The third-order valence-electron chi connectivity index (χ3n) is 3.86. The first-order valence-electron chi connectivity index (χ1n) is 8.36. The number of methoxy groups -OCH3 is 3. The second-order valence-corrected chi connectivity index (χ2v) is 5.59. The van der Waals surface area contributed by atoms with Crippen molar-refractivity contribution in [3.63, 3.8) is 0 Å². The van der Waals surface area contributed by atoms with Crippen LogP contribution in [0.15, 0.2) is 42.5 Å². The van der Waals surface area contributed by atoms with Crippen molar-refractivity contribution in [2.24, 2.45) is 0 Å². The summed E-state index contributed by atoms with van der Waals surface area (Å²) in [7, 11) is 4.57. The summed E-state index contributed by atoms with van der Waals surface area (Å²) >= 11 is 0. The van der Waals surface area contributed by atoms with Gasteiger partial charge in [0.1, 0.15) is 22.8 Å². The number of hydrogen-bond donors (Lipinski definition) is 1. The van der Waals surface area contributed by atoms with Crippen molar-refractivity contribution in [1.82, 2.24) is 5.32 Å². The van der Waals surface area contributed by atoms with Crippen molar-refractivity contribution >= 4 is 11.9 Å². The van der Waals surface area contributed by atoms with Crippen LogP contribution < -0.4 is 19.5 Å². The highest BCUT2D eigenvalue weighted by Gasteiger charge is 2.16. The normalized spacial score (nSPS) is 10.0. The van der Waals surface area contributed by atoms with E-state index in [0.717, 1.165) is 11.3 Å². The number of benzene rings is 2. The van der Waals surface area contributed by atoms with Gasteiger partial charge in [0.25, 0.3) is 5.91 Å². The van der Waals surface area contributed by atoms with Crippen molar-refractivity contribution in [3.8, 4) is 17.2 Å². The number of ether oxygens (including phenoxy) is 4. The molecule has 0 saturated carbocycles. The lowest BCUT2D eigenvalue weighted by molar-refractivity contribution is -0.124. The SMILES string of the molecule is COc1ccc(CCNC(=O)COC(=O)c2ccc(OC)cc2OC)cc1. The molecule has 0 saturated heterocycles. The molecule has 144 valence electrons. The van der Waals surface area contributed by atoms with Crippen molar-refractivity contribution in [3.05, 3.63) is 53.6 Å². The maximum absolute atomic E-state index is 12.1. The maximum atomic E-state index is 12.1. The summed E-state index contributed by atoms with van der Waals surface area (Å²) in [5.41, 5.74) is 1.29. The van der Waals surface area contributed by atoms with Crippen LogP contribution in [0.4, 0.5) is 0 Å². The van der Waals surface area contributed by atoms with Crippen LogP contribution in [0.25, 0.3) is 0 Å². The largest absolute Gasteiger partial charge is 0.497 e. The first-order valence-corrected chi connectivity index (χ1v) is 8.36. The van der Waals surface area contributed by atoms with E-state index in [1.54, 1.807) is 19.2 Å². The zero-order chi connectivity index (χ0) is 19.6. The minimum Gasteiger partial charge on any atom is -0.497 e. The monoisotopic (exact) mass is 373 g/mol. The van der Waals surface area contributed by atoms with Gasteiger partial charge in [-0.2, -0.15) is 0 Å². The molecule has 7 heteroatoms. The average Bonchev–Trinajstić information content (AvgIpc) is 2.71. The van der Waals surface area contributed by atoms with Gasteiger partial charge in [0.2, 0.25) is 0 Å².